The van der Waals surface area contributed by atoms with Gasteiger partial charge in [-0.2, -0.15) is 0 Å². The molecule has 5 nitrogen and oxygen atoms in total. The van der Waals surface area contributed by atoms with Gasteiger partial charge >= 0.3 is 7.32 Å². The summed E-state index contributed by atoms with van der Waals surface area (Å²) < 4.78 is 15.2. The van der Waals surface area contributed by atoms with Crippen LogP contribution >= 0.6 is 0 Å². The lowest BCUT2D eigenvalue weighted by Gasteiger charge is -2.08. The van der Waals surface area contributed by atoms with Gasteiger partial charge in [0.25, 0.3) is 0 Å². The van der Waals surface area contributed by atoms with Crippen LogP contribution in [0.5, 0.6) is 11.5 Å². The highest BCUT2D eigenvalue weighted by atomic mass is 16.6. The predicted octanol–water partition coefficient (Wildman–Crippen LogP) is 0.450. The van der Waals surface area contributed by atoms with E-state index in [9.17, 15) is 0 Å². The molecule has 0 unspecified atom stereocenters. The van der Waals surface area contributed by atoms with Crippen LogP contribution in [0.1, 0.15) is 6.92 Å². The minimum Gasteiger partial charge on any atom is -0.512 e. The third-order valence-corrected chi connectivity index (χ3v) is 1.75. The first-order valence-electron chi connectivity index (χ1n) is 5.05. The van der Waals surface area contributed by atoms with Gasteiger partial charge in [0.05, 0.1) is 6.61 Å². The summed E-state index contributed by atoms with van der Waals surface area (Å²) in [6.07, 6.45) is 0. The fourth-order valence-corrected chi connectivity index (χ4v) is 1.12. The average molecular weight is 226 g/mol. The molecule has 2 N–H and O–H groups in total. The highest BCUT2D eigenvalue weighted by Crippen LogP contribution is 2.19. The average Bonchev–Trinajstić information content (AvgIpc) is 2.24. The zero-order valence-electron chi connectivity index (χ0n) is 9.13. The Morgan fingerprint density at radius 2 is 1.94 bits per heavy atom. The summed E-state index contributed by atoms with van der Waals surface area (Å²) in [7, 11) is -1.82. The molecule has 0 bridgehead atoms. The standard InChI is InChI=1S/C10H15BO5/c1-2-14-6-7-15-9-4-3-5-10(8-9)16-11(12)13/h3-5,8,12-13H,2,6-7H2,1H3. The number of hydrogen-bond acceptors (Lipinski definition) is 5. The van der Waals surface area contributed by atoms with E-state index in [2.05, 4.69) is 4.65 Å². The Bertz CT molecular complexity index is 305. The van der Waals surface area contributed by atoms with Gasteiger partial charge in [0.2, 0.25) is 0 Å². The second-order valence-corrected chi connectivity index (χ2v) is 2.96. The van der Waals surface area contributed by atoms with Gasteiger partial charge in [-0.1, -0.05) is 6.07 Å². The Morgan fingerprint density at radius 1 is 1.19 bits per heavy atom. The zero-order valence-corrected chi connectivity index (χ0v) is 9.13. The quantitative estimate of drug-likeness (QED) is 0.521. The molecule has 0 aliphatic carbocycles. The molecule has 6 heteroatoms. The SMILES string of the molecule is CCOCCOc1cccc(OB(O)O)c1. The Hall–Kier alpha value is -1.24. The van der Waals surface area contributed by atoms with E-state index >= 15 is 0 Å². The highest BCUT2D eigenvalue weighted by molar-refractivity contribution is 6.33. The van der Waals surface area contributed by atoms with Crippen molar-refractivity contribution in [2.45, 2.75) is 6.92 Å². The molecule has 1 rings (SSSR count). The molecular weight excluding hydrogens is 211 g/mol. The van der Waals surface area contributed by atoms with E-state index in [1.54, 1.807) is 24.3 Å². The Kier molecular flexibility index (Phi) is 5.70. The first-order chi connectivity index (χ1) is 7.72. The van der Waals surface area contributed by atoms with E-state index in [1.807, 2.05) is 6.92 Å². The molecule has 0 heterocycles. The Balaban J connectivity index is 2.41. The lowest BCUT2D eigenvalue weighted by Crippen LogP contribution is -2.20. The molecule has 0 aliphatic rings. The van der Waals surface area contributed by atoms with E-state index in [1.165, 1.54) is 0 Å². The molecule has 0 spiro atoms. The van der Waals surface area contributed by atoms with Gasteiger partial charge in [-0.3, -0.25) is 0 Å². The summed E-state index contributed by atoms with van der Waals surface area (Å²) in [5.74, 6) is 0.932. The van der Waals surface area contributed by atoms with Crippen molar-refractivity contribution in [3.63, 3.8) is 0 Å². The molecule has 0 atom stereocenters. The van der Waals surface area contributed by atoms with Crippen molar-refractivity contribution >= 4 is 7.32 Å². The van der Waals surface area contributed by atoms with Crippen LogP contribution in [0.25, 0.3) is 0 Å². The van der Waals surface area contributed by atoms with Gasteiger partial charge in [-0.25, -0.2) is 0 Å². The third kappa shape index (κ3) is 5.02. The normalized spacial score (nSPS) is 9.94. The van der Waals surface area contributed by atoms with Gasteiger partial charge in [0, 0.05) is 12.7 Å². The largest absolute Gasteiger partial charge is 0.707 e. The fourth-order valence-electron chi connectivity index (χ4n) is 1.12. The second-order valence-electron chi connectivity index (χ2n) is 2.96. The minimum atomic E-state index is -1.82. The van der Waals surface area contributed by atoms with Crippen molar-refractivity contribution in [3.05, 3.63) is 24.3 Å². The molecule has 0 fully saturated rings. The van der Waals surface area contributed by atoms with E-state index in [-0.39, 0.29) is 0 Å². The van der Waals surface area contributed by atoms with Crippen LogP contribution in [0.15, 0.2) is 24.3 Å². The summed E-state index contributed by atoms with van der Waals surface area (Å²) >= 11 is 0. The van der Waals surface area contributed by atoms with Crippen LogP contribution in [0.4, 0.5) is 0 Å². The topological polar surface area (TPSA) is 68.2 Å². The Labute approximate surface area is 94.7 Å². The van der Waals surface area contributed by atoms with Gasteiger partial charge < -0.3 is 24.2 Å². The van der Waals surface area contributed by atoms with Gasteiger partial charge in [-0.15, -0.1) is 0 Å². The molecule has 0 aliphatic heterocycles. The molecule has 0 saturated heterocycles. The first kappa shape index (κ1) is 12.8. The van der Waals surface area contributed by atoms with E-state index in [4.69, 9.17) is 19.5 Å². The van der Waals surface area contributed by atoms with Gasteiger partial charge in [0.15, 0.2) is 0 Å². The van der Waals surface area contributed by atoms with Crippen LogP contribution < -0.4 is 9.39 Å². The van der Waals surface area contributed by atoms with Crippen LogP contribution in [0, 0.1) is 0 Å². The lowest BCUT2D eigenvalue weighted by atomic mass is 10.2. The highest BCUT2D eigenvalue weighted by Gasteiger charge is 2.11. The monoisotopic (exact) mass is 226 g/mol. The molecular formula is C10H15BO5. The summed E-state index contributed by atoms with van der Waals surface area (Å²) in [6, 6.07) is 6.64. The molecule has 1 aromatic rings. The third-order valence-electron chi connectivity index (χ3n) is 1.75. The maximum absolute atomic E-state index is 8.62. The molecule has 0 radical (unpaired) electrons. The van der Waals surface area contributed by atoms with Crippen LogP contribution in [0.3, 0.4) is 0 Å². The minimum absolute atomic E-state index is 0.337. The maximum Gasteiger partial charge on any atom is 0.707 e. The van der Waals surface area contributed by atoms with E-state index in [0.717, 1.165) is 0 Å². The van der Waals surface area contributed by atoms with Crippen molar-refractivity contribution in [2.24, 2.45) is 0 Å². The fraction of sp³-hybridized carbons (Fsp3) is 0.400. The van der Waals surface area contributed by atoms with Crippen molar-refractivity contribution in [3.8, 4) is 11.5 Å². The summed E-state index contributed by atoms with van der Waals surface area (Å²) in [4.78, 5) is 0. The van der Waals surface area contributed by atoms with Crippen LogP contribution in [0.2, 0.25) is 0 Å². The smallest absolute Gasteiger partial charge is 0.512 e. The van der Waals surface area contributed by atoms with E-state index < -0.39 is 7.32 Å². The second kappa shape index (κ2) is 7.11. The predicted molar refractivity (Wildman–Crippen MR) is 59.2 cm³/mol. The number of rotatable bonds is 7. The van der Waals surface area contributed by atoms with E-state index in [0.29, 0.717) is 31.3 Å². The van der Waals surface area contributed by atoms with Crippen molar-refractivity contribution in [1.82, 2.24) is 0 Å². The summed E-state index contributed by atoms with van der Waals surface area (Å²) in [5.41, 5.74) is 0. The maximum atomic E-state index is 8.62. The Morgan fingerprint density at radius 3 is 2.62 bits per heavy atom. The van der Waals surface area contributed by atoms with Crippen molar-refractivity contribution in [2.75, 3.05) is 19.8 Å². The molecule has 0 amide bonds. The molecule has 1 aromatic carbocycles. The van der Waals surface area contributed by atoms with Crippen molar-refractivity contribution in [1.29, 1.82) is 0 Å². The molecule has 16 heavy (non-hydrogen) atoms. The number of hydrogen-bond donors (Lipinski definition) is 2. The lowest BCUT2D eigenvalue weighted by molar-refractivity contribution is 0.110. The first-order valence-corrected chi connectivity index (χ1v) is 5.05. The molecule has 88 valence electrons. The number of ether oxygens (including phenoxy) is 2. The van der Waals surface area contributed by atoms with Crippen LogP contribution in [-0.2, 0) is 4.74 Å². The zero-order chi connectivity index (χ0) is 11.8. The number of benzene rings is 1. The summed E-state index contributed by atoms with van der Waals surface area (Å²) in [6.45, 7) is 3.53. The van der Waals surface area contributed by atoms with Crippen LogP contribution in [-0.4, -0.2) is 37.2 Å². The van der Waals surface area contributed by atoms with Gasteiger partial charge in [-0.05, 0) is 19.1 Å². The van der Waals surface area contributed by atoms with Crippen molar-refractivity contribution < 1.29 is 24.2 Å². The molecule has 0 saturated carbocycles. The molecule has 0 aromatic heterocycles. The summed E-state index contributed by atoms with van der Waals surface area (Å²) in [5, 5.41) is 17.2. The van der Waals surface area contributed by atoms with Gasteiger partial charge in [0.1, 0.15) is 18.1 Å².